The molecule has 0 atom stereocenters. The van der Waals surface area contributed by atoms with Crippen molar-refractivity contribution in [2.24, 2.45) is 0 Å². The van der Waals surface area contributed by atoms with Crippen molar-refractivity contribution < 1.29 is 14.1 Å². The second kappa shape index (κ2) is 8.04. The van der Waals surface area contributed by atoms with Gasteiger partial charge in [0.1, 0.15) is 23.1 Å². The van der Waals surface area contributed by atoms with Crippen LogP contribution < -0.4 is 10.6 Å². The molecule has 2 N–H and O–H groups in total. The zero-order valence-corrected chi connectivity index (χ0v) is 14.4. The van der Waals surface area contributed by atoms with Gasteiger partial charge in [0.05, 0.1) is 13.2 Å². The summed E-state index contributed by atoms with van der Waals surface area (Å²) in [7, 11) is 0. The fraction of sp³-hybridized carbons (Fsp3) is 0.500. The molecule has 0 bridgehead atoms. The van der Waals surface area contributed by atoms with Crippen LogP contribution in [0.1, 0.15) is 22.1 Å². The number of hydrogen-bond donors (Lipinski definition) is 2. The van der Waals surface area contributed by atoms with Crippen molar-refractivity contribution in [1.82, 2.24) is 20.0 Å². The molecule has 3 rings (SSSR count). The van der Waals surface area contributed by atoms with Gasteiger partial charge in [-0.1, -0.05) is 5.16 Å². The predicted octanol–water partition coefficient (Wildman–Crippen LogP) is 1.08. The normalized spacial score (nSPS) is 15.1. The predicted molar refractivity (Wildman–Crippen MR) is 91.7 cm³/mol. The van der Waals surface area contributed by atoms with Gasteiger partial charge in [-0.3, -0.25) is 9.69 Å². The molecule has 0 unspecified atom stereocenters. The van der Waals surface area contributed by atoms with E-state index in [9.17, 15) is 4.79 Å². The van der Waals surface area contributed by atoms with Gasteiger partial charge < -0.3 is 19.9 Å². The quantitative estimate of drug-likeness (QED) is 0.800. The Morgan fingerprint density at radius 3 is 2.72 bits per heavy atom. The van der Waals surface area contributed by atoms with Crippen LogP contribution in [0.25, 0.3) is 0 Å². The maximum Gasteiger partial charge on any atom is 0.275 e. The van der Waals surface area contributed by atoms with E-state index in [0.717, 1.165) is 39.4 Å². The van der Waals surface area contributed by atoms with Gasteiger partial charge in [-0.15, -0.1) is 0 Å². The van der Waals surface area contributed by atoms with E-state index in [1.54, 1.807) is 26.0 Å². The van der Waals surface area contributed by atoms with Gasteiger partial charge in [0.25, 0.3) is 5.91 Å². The summed E-state index contributed by atoms with van der Waals surface area (Å²) < 4.78 is 10.3. The number of carbonyl (C=O) groups is 1. The minimum absolute atomic E-state index is 0.280. The molecule has 0 radical (unpaired) electrons. The van der Waals surface area contributed by atoms with E-state index in [0.29, 0.717) is 23.2 Å². The van der Waals surface area contributed by atoms with Crippen LogP contribution in [0.3, 0.4) is 0 Å². The third kappa shape index (κ3) is 4.97. The van der Waals surface area contributed by atoms with E-state index in [4.69, 9.17) is 9.26 Å². The van der Waals surface area contributed by atoms with Crippen molar-refractivity contribution in [2.75, 3.05) is 50.0 Å². The Bertz CT molecular complexity index is 726. The van der Waals surface area contributed by atoms with Gasteiger partial charge in [-0.2, -0.15) is 0 Å². The molecule has 1 fully saturated rings. The van der Waals surface area contributed by atoms with Crippen LogP contribution in [0.2, 0.25) is 0 Å². The number of amides is 1. The van der Waals surface area contributed by atoms with E-state index in [-0.39, 0.29) is 11.6 Å². The Morgan fingerprint density at radius 2 is 2.00 bits per heavy atom. The zero-order valence-electron chi connectivity index (χ0n) is 14.4. The van der Waals surface area contributed by atoms with E-state index in [1.165, 1.54) is 0 Å². The fourth-order valence-corrected chi connectivity index (χ4v) is 2.55. The lowest BCUT2D eigenvalue weighted by Crippen LogP contribution is -2.39. The van der Waals surface area contributed by atoms with Crippen LogP contribution in [-0.4, -0.2) is 65.3 Å². The molecule has 1 amide bonds. The smallest absolute Gasteiger partial charge is 0.275 e. The third-order valence-corrected chi connectivity index (χ3v) is 3.78. The highest BCUT2D eigenvalue weighted by atomic mass is 16.5. The molecule has 0 saturated carbocycles. The first-order valence-electron chi connectivity index (χ1n) is 8.24. The van der Waals surface area contributed by atoms with Crippen LogP contribution in [0.4, 0.5) is 11.6 Å². The average molecular weight is 346 g/mol. The Kier molecular flexibility index (Phi) is 5.56. The SMILES string of the molecule is Cc1nc(NCCN2CCOCC2)cc(C(=O)Nc2cc(C)on2)n1. The van der Waals surface area contributed by atoms with E-state index >= 15 is 0 Å². The van der Waals surface area contributed by atoms with Crippen LogP contribution in [-0.2, 0) is 4.74 Å². The molecule has 2 aromatic rings. The van der Waals surface area contributed by atoms with E-state index < -0.39 is 0 Å². The average Bonchev–Trinajstić information content (AvgIpc) is 3.00. The number of anilines is 2. The highest BCUT2D eigenvalue weighted by Crippen LogP contribution is 2.11. The Balaban J connectivity index is 1.58. The number of aryl methyl sites for hydroxylation is 2. The lowest BCUT2D eigenvalue weighted by molar-refractivity contribution is 0.0398. The number of nitrogens with one attached hydrogen (secondary N) is 2. The molecule has 3 heterocycles. The van der Waals surface area contributed by atoms with Gasteiger partial charge >= 0.3 is 0 Å². The third-order valence-electron chi connectivity index (χ3n) is 3.78. The fourth-order valence-electron chi connectivity index (χ4n) is 2.55. The molecule has 9 nitrogen and oxygen atoms in total. The first-order valence-corrected chi connectivity index (χ1v) is 8.24. The molecule has 0 aromatic carbocycles. The van der Waals surface area contributed by atoms with Crippen molar-refractivity contribution in [2.45, 2.75) is 13.8 Å². The molecule has 25 heavy (non-hydrogen) atoms. The topological polar surface area (TPSA) is 105 Å². The van der Waals surface area contributed by atoms with E-state index in [1.807, 2.05) is 0 Å². The minimum atomic E-state index is -0.352. The Hall–Kier alpha value is -2.52. The monoisotopic (exact) mass is 346 g/mol. The second-order valence-corrected chi connectivity index (χ2v) is 5.84. The molecule has 0 spiro atoms. The molecule has 1 aliphatic heterocycles. The van der Waals surface area contributed by atoms with Crippen LogP contribution in [0.15, 0.2) is 16.7 Å². The minimum Gasteiger partial charge on any atom is -0.379 e. The van der Waals surface area contributed by atoms with Crippen molar-refractivity contribution in [3.05, 3.63) is 29.4 Å². The van der Waals surface area contributed by atoms with E-state index in [2.05, 4.69) is 30.7 Å². The molecular weight excluding hydrogens is 324 g/mol. The number of morpholine rings is 1. The molecular formula is C16H22N6O3. The number of carbonyl (C=O) groups excluding carboxylic acids is 1. The summed E-state index contributed by atoms with van der Waals surface area (Å²) in [6.07, 6.45) is 0. The molecule has 134 valence electrons. The highest BCUT2D eigenvalue weighted by molar-refractivity contribution is 6.02. The van der Waals surface area contributed by atoms with Crippen molar-refractivity contribution >= 4 is 17.5 Å². The summed E-state index contributed by atoms with van der Waals surface area (Å²) in [6, 6.07) is 3.28. The largest absolute Gasteiger partial charge is 0.379 e. The summed E-state index contributed by atoms with van der Waals surface area (Å²) in [5.74, 6) is 1.79. The lowest BCUT2D eigenvalue weighted by atomic mass is 10.3. The molecule has 1 aliphatic rings. The first kappa shape index (κ1) is 17.3. The Morgan fingerprint density at radius 1 is 1.20 bits per heavy atom. The summed E-state index contributed by atoms with van der Waals surface area (Å²) in [4.78, 5) is 23.2. The number of ether oxygens (including phenoxy) is 1. The van der Waals surface area contributed by atoms with Crippen molar-refractivity contribution in [3.8, 4) is 0 Å². The maximum atomic E-state index is 12.3. The molecule has 2 aromatic heterocycles. The summed E-state index contributed by atoms with van der Waals surface area (Å²) >= 11 is 0. The molecule has 1 saturated heterocycles. The van der Waals surface area contributed by atoms with Crippen LogP contribution in [0, 0.1) is 13.8 Å². The summed E-state index contributed by atoms with van der Waals surface area (Å²) in [5.41, 5.74) is 0.280. The highest BCUT2D eigenvalue weighted by Gasteiger charge is 2.13. The van der Waals surface area contributed by atoms with Gasteiger partial charge in [0.15, 0.2) is 5.82 Å². The van der Waals surface area contributed by atoms with Crippen LogP contribution in [0.5, 0.6) is 0 Å². The summed E-state index contributed by atoms with van der Waals surface area (Å²) in [6.45, 7) is 8.58. The van der Waals surface area contributed by atoms with Gasteiger partial charge in [0.2, 0.25) is 0 Å². The van der Waals surface area contributed by atoms with Gasteiger partial charge in [-0.25, -0.2) is 9.97 Å². The molecule has 9 heteroatoms. The summed E-state index contributed by atoms with van der Waals surface area (Å²) in [5, 5.41) is 9.65. The number of rotatable bonds is 6. The van der Waals surface area contributed by atoms with Gasteiger partial charge in [-0.05, 0) is 13.8 Å². The van der Waals surface area contributed by atoms with Crippen molar-refractivity contribution in [3.63, 3.8) is 0 Å². The van der Waals surface area contributed by atoms with Crippen LogP contribution >= 0.6 is 0 Å². The molecule has 0 aliphatic carbocycles. The van der Waals surface area contributed by atoms with Gasteiger partial charge in [0, 0.05) is 38.3 Å². The number of nitrogens with zero attached hydrogens (tertiary/aromatic N) is 4. The standard InChI is InChI=1S/C16H22N6O3/c1-11-9-15(21-25-11)20-16(23)13-10-14(19-12(2)18-13)17-3-4-22-5-7-24-8-6-22/h9-10H,3-8H2,1-2H3,(H,17,18,19)(H,20,21,23). The first-order chi connectivity index (χ1) is 12.1. The second-order valence-electron chi connectivity index (χ2n) is 5.84. The van der Waals surface area contributed by atoms with Crippen molar-refractivity contribution in [1.29, 1.82) is 0 Å². The number of aromatic nitrogens is 3. The lowest BCUT2D eigenvalue weighted by Gasteiger charge is -2.26. The number of hydrogen-bond acceptors (Lipinski definition) is 8. The maximum absolute atomic E-state index is 12.3. The Labute approximate surface area is 145 Å². The zero-order chi connectivity index (χ0) is 17.6.